The largest absolute Gasteiger partial charge is 0.483 e. The van der Waals surface area contributed by atoms with Gasteiger partial charge in [0.1, 0.15) is 11.9 Å². The molecule has 3 nitrogen and oxygen atoms in total. The predicted octanol–water partition coefficient (Wildman–Crippen LogP) is 10.2. The lowest BCUT2D eigenvalue weighted by molar-refractivity contribution is 0.271. The predicted molar refractivity (Wildman–Crippen MR) is 217 cm³/mol. The van der Waals surface area contributed by atoms with Crippen molar-refractivity contribution in [1.29, 1.82) is 0 Å². The van der Waals surface area contributed by atoms with Crippen molar-refractivity contribution in [3.05, 3.63) is 182 Å². The first-order valence-corrected chi connectivity index (χ1v) is 18.2. The first-order chi connectivity index (χ1) is 25.8. The summed E-state index contributed by atoms with van der Waals surface area (Å²) in [6.45, 7) is -0.119. The third kappa shape index (κ3) is 3.71. The van der Waals surface area contributed by atoms with Gasteiger partial charge in [-0.05, 0) is 57.5 Å². The number of para-hydroxylation sites is 2. The van der Waals surface area contributed by atoms with Crippen LogP contribution in [0.2, 0.25) is 0 Å². The van der Waals surface area contributed by atoms with Crippen LogP contribution in [-0.2, 0) is 0 Å². The van der Waals surface area contributed by atoms with Crippen molar-refractivity contribution in [3.8, 4) is 33.7 Å². The molecule has 2 aliphatic heterocycles. The Balaban J connectivity index is 1.26. The van der Waals surface area contributed by atoms with E-state index in [-0.39, 0.29) is 18.9 Å². The van der Waals surface area contributed by atoms with Gasteiger partial charge >= 0.3 is 6.85 Å². The van der Waals surface area contributed by atoms with Gasteiger partial charge in [0, 0.05) is 44.2 Å². The molecule has 12 rings (SSSR count). The second-order valence-electron chi connectivity index (χ2n) is 14.3. The van der Waals surface area contributed by atoms with Gasteiger partial charge in [-0.15, -0.1) is 0 Å². The van der Waals surface area contributed by atoms with E-state index in [9.17, 15) is 0 Å². The van der Waals surface area contributed by atoms with Crippen LogP contribution in [0.5, 0.6) is 5.75 Å². The van der Waals surface area contributed by atoms with E-state index in [0.29, 0.717) is 0 Å². The SMILES string of the molecule is C1=CC2Oc3c(ccc4c5ccccc5n(B5c6ccccc6-n6c7cc(-c8ccccc8)ccc7c7ccc(-c8ccccc8)c5c76)c34)C2C=C1. The number of aromatic nitrogens is 2. The summed E-state index contributed by atoms with van der Waals surface area (Å²) < 4.78 is 12.1. The fraction of sp³-hybridized carbons (Fsp3) is 0.0417. The van der Waals surface area contributed by atoms with Gasteiger partial charge in [0.05, 0.1) is 16.6 Å². The van der Waals surface area contributed by atoms with E-state index < -0.39 is 0 Å². The molecule has 4 heterocycles. The summed E-state index contributed by atoms with van der Waals surface area (Å²) in [5.74, 6) is 1.21. The first-order valence-electron chi connectivity index (χ1n) is 18.2. The van der Waals surface area contributed by atoms with E-state index in [1.807, 2.05) is 0 Å². The topological polar surface area (TPSA) is 19.1 Å². The number of hydrogen-bond acceptors (Lipinski definition) is 1. The van der Waals surface area contributed by atoms with E-state index in [2.05, 4.69) is 185 Å². The molecule has 0 spiro atoms. The van der Waals surface area contributed by atoms with Gasteiger partial charge in [-0.2, -0.15) is 0 Å². The first kappa shape index (κ1) is 28.2. The fourth-order valence-electron chi connectivity index (χ4n) is 9.53. The number of hydrogen-bond donors (Lipinski definition) is 0. The van der Waals surface area contributed by atoms with Crippen LogP contribution in [0.3, 0.4) is 0 Å². The Kier molecular flexibility index (Phi) is 5.70. The van der Waals surface area contributed by atoms with Gasteiger partial charge < -0.3 is 13.8 Å². The average molecular weight is 663 g/mol. The van der Waals surface area contributed by atoms with Crippen LogP contribution in [-0.4, -0.2) is 22.0 Å². The third-order valence-electron chi connectivity index (χ3n) is 11.7. The number of rotatable bonds is 3. The van der Waals surface area contributed by atoms with Crippen LogP contribution >= 0.6 is 0 Å². The molecule has 4 heteroatoms. The quantitative estimate of drug-likeness (QED) is 0.172. The summed E-state index contributed by atoms with van der Waals surface area (Å²) in [6, 6.07) is 56.0. The monoisotopic (exact) mass is 662 g/mol. The molecule has 0 saturated heterocycles. The number of nitrogens with zero attached hydrogens (tertiary/aromatic N) is 2. The summed E-state index contributed by atoms with van der Waals surface area (Å²) in [5, 5.41) is 5.01. The van der Waals surface area contributed by atoms with Crippen molar-refractivity contribution in [1.82, 2.24) is 9.05 Å². The molecule has 242 valence electrons. The second-order valence-corrected chi connectivity index (χ2v) is 14.3. The second kappa shape index (κ2) is 10.5. The molecule has 2 atom stereocenters. The lowest BCUT2D eigenvalue weighted by Crippen LogP contribution is -2.53. The van der Waals surface area contributed by atoms with Crippen molar-refractivity contribution in [2.24, 2.45) is 0 Å². The minimum absolute atomic E-state index is 0.000331. The third-order valence-corrected chi connectivity index (χ3v) is 11.7. The minimum atomic E-state index is -0.119. The highest BCUT2D eigenvalue weighted by Crippen LogP contribution is 2.48. The number of ether oxygens (including phenoxy) is 1. The molecule has 3 aliphatic rings. The van der Waals surface area contributed by atoms with E-state index in [1.165, 1.54) is 88.0 Å². The van der Waals surface area contributed by atoms with E-state index in [1.54, 1.807) is 0 Å². The highest BCUT2D eigenvalue weighted by Gasteiger charge is 2.41. The molecule has 0 radical (unpaired) electrons. The molecule has 0 fully saturated rings. The van der Waals surface area contributed by atoms with Gasteiger partial charge in [-0.25, -0.2) is 0 Å². The molecule has 2 unspecified atom stereocenters. The lowest BCUT2D eigenvalue weighted by Gasteiger charge is -2.30. The molecule has 0 amide bonds. The maximum absolute atomic E-state index is 6.97. The Hall–Kier alpha value is -6.52. The summed E-state index contributed by atoms with van der Waals surface area (Å²) in [7, 11) is 0. The summed E-state index contributed by atoms with van der Waals surface area (Å²) in [4.78, 5) is 0. The molecule has 7 aromatic carbocycles. The van der Waals surface area contributed by atoms with E-state index >= 15 is 0 Å². The summed E-state index contributed by atoms with van der Waals surface area (Å²) in [6.07, 6.45) is 8.77. The zero-order valence-electron chi connectivity index (χ0n) is 28.3. The Bertz CT molecular complexity index is 3000. The Morgan fingerprint density at radius 3 is 2.10 bits per heavy atom. The normalized spacial score (nSPS) is 16.8. The van der Waals surface area contributed by atoms with E-state index in [4.69, 9.17) is 4.74 Å². The molecule has 0 N–H and O–H groups in total. The zero-order chi connectivity index (χ0) is 33.9. The maximum Gasteiger partial charge on any atom is 0.333 e. The van der Waals surface area contributed by atoms with Crippen molar-refractivity contribution in [2.75, 3.05) is 0 Å². The summed E-state index contributed by atoms with van der Waals surface area (Å²) >= 11 is 0. The average Bonchev–Trinajstić information content (AvgIpc) is 3.87. The summed E-state index contributed by atoms with van der Waals surface area (Å²) in [5.41, 5.74) is 14.8. The number of benzene rings is 7. The van der Waals surface area contributed by atoms with Gasteiger partial charge in [-0.1, -0.05) is 152 Å². The molecular weight excluding hydrogens is 631 g/mol. The number of fused-ring (bicyclic) bond motifs is 12. The molecule has 9 aromatic rings. The maximum atomic E-state index is 6.97. The molecule has 52 heavy (non-hydrogen) atoms. The lowest BCUT2D eigenvalue weighted by atomic mass is 9.46. The van der Waals surface area contributed by atoms with Crippen LogP contribution < -0.4 is 15.7 Å². The highest BCUT2D eigenvalue weighted by atomic mass is 16.5. The van der Waals surface area contributed by atoms with Gasteiger partial charge in [0.2, 0.25) is 0 Å². The van der Waals surface area contributed by atoms with Gasteiger partial charge in [0.15, 0.2) is 0 Å². The fourth-order valence-corrected chi connectivity index (χ4v) is 9.53. The Morgan fingerprint density at radius 1 is 0.519 bits per heavy atom. The van der Waals surface area contributed by atoms with Crippen molar-refractivity contribution < 1.29 is 4.74 Å². The Labute approximate surface area is 301 Å². The molecule has 2 aromatic heterocycles. The van der Waals surface area contributed by atoms with Gasteiger partial charge in [0.25, 0.3) is 0 Å². The van der Waals surface area contributed by atoms with Gasteiger partial charge in [-0.3, -0.25) is 0 Å². The van der Waals surface area contributed by atoms with Crippen molar-refractivity contribution in [2.45, 2.75) is 12.0 Å². The van der Waals surface area contributed by atoms with Crippen LogP contribution in [0, 0.1) is 0 Å². The molecule has 1 aliphatic carbocycles. The van der Waals surface area contributed by atoms with Crippen LogP contribution in [0.4, 0.5) is 0 Å². The Morgan fingerprint density at radius 2 is 1.21 bits per heavy atom. The van der Waals surface area contributed by atoms with E-state index in [0.717, 1.165) is 5.75 Å². The highest BCUT2D eigenvalue weighted by molar-refractivity contribution is 6.89. The van der Waals surface area contributed by atoms with Crippen LogP contribution in [0.25, 0.3) is 71.6 Å². The van der Waals surface area contributed by atoms with Crippen LogP contribution in [0.15, 0.2) is 176 Å². The zero-order valence-corrected chi connectivity index (χ0v) is 28.3. The molecular formula is C48H31BN2O. The van der Waals surface area contributed by atoms with Crippen LogP contribution in [0.1, 0.15) is 11.5 Å². The number of allylic oxidation sites excluding steroid dienone is 2. The van der Waals surface area contributed by atoms with Crippen molar-refractivity contribution in [3.63, 3.8) is 0 Å². The standard InChI is InChI=1S/C48H31BN2O/c1-3-13-30(14-4-1)32-23-24-35-37-26-25-33(31-15-5-2-6-16-31)45-46(37)50(43(35)29-32)42-21-11-9-19-40(42)49(45)51-41-20-10-7-17-34(41)38-27-28-39-36-18-8-12-22-44(36)52-48(39)47(38)51/h1-29,36,44H. The smallest absolute Gasteiger partial charge is 0.333 e. The molecule has 0 bridgehead atoms. The molecule has 0 saturated carbocycles. The minimum Gasteiger partial charge on any atom is -0.483 e. The van der Waals surface area contributed by atoms with Crippen molar-refractivity contribution >= 4 is 61.4 Å².